The van der Waals surface area contributed by atoms with Gasteiger partial charge in [0, 0.05) is 58.7 Å². The van der Waals surface area contributed by atoms with Crippen LogP contribution >= 0.6 is 24.0 Å². The highest BCUT2D eigenvalue weighted by atomic mass is 127. The summed E-state index contributed by atoms with van der Waals surface area (Å²) in [6, 6.07) is 10.6. The molecular formula is C20H31IN6O. The Hall–Kier alpha value is -1.68. The van der Waals surface area contributed by atoms with Gasteiger partial charge >= 0.3 is 0 Å². The number of hydrogen-bond donors (Lipinski definition) is 1. The third-order valence-corrected chi connectivity index (χ3v) is 4.75. The van der Waals surface area contributed by atoms with Gasteiger partial charge in [-0.2, -0.15) is 4.98 Å². The standard InChI is InChI=1S/C20H30N6O.HI/c1-16(2)19-23-18(27-24-19)9-10-22-20(21-3)26-13-11-25(12-14-26)15-17-7-5-4-6-8-17;/h4-8,16H,9-15H2,1-3H3,(H,21,22);1H. The van der Waals surface area contributed by atoms with E-state index in [-0.39, 0.29) is 29.9 Å². The predicted molar refractivity (Wildman–Crippen MR) is 122 cm³/mol. The van der Waals surface area contributed by atoms with Crippen molar-refractivity contribution in [3.05, 3.63) is 47.6 Å². The van der Waals surface area contributed by atoms with Crippen molar-refractivity contribution in [2.45, 2.75) is 32.7 Å². The molecule has 8 heteroatoms. The van der Waals surface area contributed by atoms with Crippen LogP contribution in [0.1, 0.15) is 37.0 Å². The van der Waals surface area contributed by atoms with E-state index >= 15 is 0 Å². The minimum atomic E-state index is 0. The summed E-state index contributed by atoms with van der Waals surface area (Å²) in [7, 11) is 1.84. The largest absolute Gasteiger partial charge is 0.356 e. The molecule has 1 N–H and O–H groups in total. The van der Waals surface area contributed by atoms with Crippen LogP contribution in [0.3, 0.4) is 0 Å². The van der Waals surface area contributed by atoms with E-state index in [9.17, 15) is 0 Å². The fourth-order valence-corrected chi connectivity index (χ4v) is 3.18. The van der Waals surface area contributed by atoms with Crippen molar-refractivity contribution in [2.75, 3.05) is 39.8 Å². The van der Waals surface area contributed by atoms with E-state index in [2.05, 4.69) is 74.4 Å². The zero-order valence-corrected chi connectivity index (χ0v) is 19.3. The van der Waals surface area contributed by atoms with Crippen LogP contribution < -0.4 is 5.32 Å². The highest BCUT2D eigenvalue weighted by molar-refractivity contribution is 14.0. The molecule has 0 amide bonds. The summed E-state index contributed by atoms with van der Waals surface area (Å²) >= 11 is 0. The van der Waals surface area contributed by atoms with E-state index in [1.165, 1.54) is 5.56 Å². The Morgan fingerprint density at radius 1 is 1.18 bits per heavy atom. The molecular weight excluding hydrogens is 467 g/mol. The Kier molecular flexibility index (Phi) is 9.17. The van der Waals surface area contributed by atoms with E-state index in [1.54, 1.807) is 0 Å². The molecule has 1 aromatic heterocycles. The van der Waals surface area contributed by atoms with Crippen molar-refractivity contribution in [1.29, 1.82) is 0 Å². The molecule has 1 aromatic carbocycles. The van der Waals surface area contributed by atoms with Crippen molar-refractivity contribution in [1.82, 2.24) is 25.3 Å². The van der Waals surface area contributed by atoms with Crippen LogP contribution in [0, 0.1) is 0 Å². The maximum atomic E-state index is 5.30. The predicted octanol–water partition coefficient (Wildman–Crippen LogP) is 2.75. The molecule has 0 radical (unpaired) electrons. The summed E-state index contributed by atoms with van der Waals surface area (Å²) in [5, 5.41) is 7.43. The molecule has 1 aliphatic heterocycles. The molecule has 0 bridgehead atoms. The van der Waals surface area contributed by atoms with E-state index in [4.69, 9.17) is 4.52 Å². The number of benzene rings is 1. The SMILES string of the molecule is CN=C(NCCc1nc(C(C)C)no1)N1CCN(Cc2ccccc2)CC1.I. The average Bonchev–Trinajstić information content (AvgIpc) is 3.16. The second-order valence-corrected chi connectivity index (χ2v) is 7.17. The molecule has 2 aromatic rings. The number of aliphatic imine (C=N–C) groups is 1. The molecule has 1 saturated heterocycles. The fourth-order valence-electron chi connectivity index (χ4n) is 3.18. The molecule has 0 saturated carbocycles. The summed E-state index contributed by atoms with van der Waals surface area (Å²) in [6.45, 7) is 9.90. The fraction of sp³-hybridized carbons (Fsp3) is 0.550. The minimum absolute atomic E-state index is 0. The second-order valence-electron chi connectivity index (χ2n) is 7.17. The first-order valence-corrected chi connectivity index (χ1v) is 9.70. The van der Waals surface area contributed by atoms with Gasteiger partial charge in [0.15, 0.2) is 11.8 Å². The van der Waals surface area contributed by atoms with Crippen LogP contribution in [0.4, 0.5) is 0 Å². The minimum Gasteiger partial charge on any atom is -0.356 e. The van der Waals surface area contributed by atoms with Crippen molar-refractivity contribution >= 4 is 29.9 Å². The monoisotopic (exact) mass is 498 g/mol. The Labute approximate surface area is 184 Å². The van der Waals surface area contributed by atoms with Crippen LogP contribution in [0.2, 0.25) is 0 Å². The Morgan fingerprint density at radius 3 is 2.50 bits per heavy atom. The molecule has 2 heterocycles. The normalized spacial score (nSPS) is 15.6. The molecule has 0 unspecified atom stereocenters. The maximum Gasteiger partial charge on any atom is 0.228 e. The maximum absolute atomic E-state index is 5.30. The zero-order chi connectivity index (χ0) is 19.1. The van der Waals surface area contributed by atoms with Crippen LogP contribution in [-0.2, 0) is 13.0 Å². The highest BCUT2D eigenvalue weighted by Gasteiger charge is 2.19. The zero-order valence-electron chi connectivity index (χ0n) is 17.0. The highest BCUT2D eigenvalue weighted by Crippen LogP contribution is 2.10. The van der Waals surface area contributed by atoms with Crippen molar-refractivity contribution in [3.63, 3.8) is 0 Å². The summed E-state index contributed by atoms with van der Waals surface area (Å²) in [5.41, 5.74) is 1.37. The van der Waals surface area contributed by atoms with E-state index in [0.29, 0.717) is 12.3 Å². The summed E-state index contributed by atoms with van der Waals surface area (Å²) < 4.78 is 5.30. The van der Waals surface area contributed by atoms with E-state index in [0.717, 1.165) is 51.1 Å². The number of halogens is 1. The third-order valence-electron chi connectivity index (χ3n) is 4.75. The quantitative estimate of drug-likeness (QED) is 0.376. The molecule has 1 aliphatic rings. The van der Waals surface area contributed by atoms with Gasteiger partial charge in [-0.3, -0.25) is 9.89 Å². The number of piperazine rings is 1. The lowest BCUT2D eigenvalue weighted by molar-refractivity contribution is 0.172. The average molecular weight is 498 g/mol. The Bertz CT molecular complexity index is 725. The molecule has 3 rings (SSSR count). The van der Waals surface area contributed by atoms with Crippen LogP contribution in [0.5, 0.6) is 0 Å². The van der Waals surface area contributed by atoms with E-state index < -0.39 is 0 Å². The van der Waals surface area contributed by atoms with Crippen molar-refractivity contribution < 1.29 is 4.52 Å². The third kappa shape index (κ3) is 6.44. The van der Waals surface area contributed by atoms with Gasteiger partial charge in [0.25, 0.3) is 0 Å². The summed E-state index contributed by atoms with van der Waals surface area (Å²) in [5.74, 6) is 2.67. The van der Waals surface area contributed by atoms with Gasteiger partial charge in [-0.25, -0.2) is 0 Å². The molecule has 154 valence electrons. The molecule has 0 spiro atoms. The summed E-state index contributed by atoms with van der Waals surface area (Å²) in [6.07, 6.45) is 0.701. The lowest BCUT2D eigenvalue weighted by Crippen LogP contribution is -2.52. The topological polar surface area (TPSA) is 69.8 Å². The van der Waals surface area contributed by atoms with Gasteiger partial charge in [-0.05, 0) is 5.56 Å². The van der Waals surface area contributed by atoms with Crippen LogP contribution in [-0.4, -0.2) is 65.7 Å². The number of aromatic nitrogens is 2. The first-order valence-electron chi connectivity index (χ1n) is 9.70. The lowest BCUT2D eigenvalue weighted by Gasteiger charge is -2.36. The summed E-state index contributed by atoms with van der Waals surface area (Å²) in [4.78, 5) is 13.7. The Morgan fingerprint density at radius 2 is 1.89 bits per heavy atom. The molecule has 1 fully saturated rings. The van der Waals surface area contributed by atoms with Gasteiger partial charge < -0.3 is 14.7 Å². The van der Waals surface area contributed by atoms with Crippen LogP contribution in [0.15, 0.2) is 39.8 Å². The first kappa shape index (κ1) is 22.6. The molecule has 0 aliphatic carbocycles. The van der Waals surface area contributed by atoms with Gasteiger partial charge in [0.1, 0.15) is 0 Å². The molecule has 0 atom stereocenters. The number of nitrogens with zero attached hydrogens (tertiary/aromatic N) is 5. The molecule has 7 nitrogen and oxygen atoms in total. The number of guanidine groups is 1. The number of hydrogen-bond acceptors (Lipinski definition) is 5. The Balaban J connectivity index is 0.00000280. The number of rotatable bonds is 6. The van der Waals surface area contributed by atoms with Gasteiger partial charge in [-0.15, -0.1) is 24.0 Å². The number of nitrogens with one attached hydrogen (secondary N) is 1. The van der Waals surface area contributed by atoms with Gasteiger partial charge in [0.2, 0.25) is 5.89 Å². The van der Waals surface area contributed by atoms with Crippen LogP contribution in [0.25, 0.3) is 0 Å². The van der Waals surface area contributed by atoms with Crippen molar-refractivity contribution in [3.8, 4) is 0 Å². The van der Waals surface area contributed by atoms with Crippen molar-refractivity contribution in [2.24, 2.45) is 4.99 Å². The first-order chi connectivity index (χ1) is 13.2. The second kappa shape index (κ2) is 11.4. The van der Waals surface area contributed by atoms with Gasteiger partial charge in [-0.1, -0.05) is 49.3 Å². The smallest absolute Gasteiger partial charge is 0.228 e. The molecule has 28 heavy (non-hydrogen) atoms. The van der Waals surface area contributed by atoms with E-state index in [1.807, 2.05) is 7.05 Å². The van der Waals surface area contributed by atoms with Gasteiger partial charge in [0.05, 0.1) is 0 Å². The lowest BCUT2D eigenvalue weighted by atomic mass is 10.2.